The molecule has 0 saturated carbocycles. The molecule has 0 aliphatic rings. The maximum absolute atomic E-state index is 10.7. The Morgan fingerprint density at radius 1 is 1.07 bits per heavy atom. The van der Waals surface area contributed by atoms with Gasteiger partial charge in [0.15, 0.2) is 0 Å². The first-order valence-electron chi connectivity index (χ1n) is 3.74. The molecule has 0 atom stereocenters. The summed E-state index contributed by atoms with van der Waals surface area (Å²) in [5.41, 5.74) is -1.44. The summed E-state index contributed by atoms with van der Waals surface area (Å²) in [5, 5.41) is 25.6. The first-order valence-corrected chi connectivity index (χ1v) is 3.74. The van der Waals surface area contributed by atoms with Gasteiger partial charge in [0.05, 0.1) is 5.57 Å². The van der Waals surface area contributed by atoms with Crippen LogP contribution in [0.2, 0.25) is 0 Å². The minimum Gasteiger partial charge on any atom is -0.478 e. The van der Waals surface area contributed by atoms with Crippen LogP contribution in [0.1, 0.15) is 20.8 Å². The van der Waals surface area contributed by atoms with E-state index in [-0.39, 0.29) is 0 Å². The summed E-state index contributed by atoms with van der Waals surface area (Å²) in [7, 11) is 0. The molecule has 0 saturated heterocycles. The number of hydrogen-bond acceptors (Lipinski definition) is 4. The lowest BCUT2D eigenvalue weighted by atomic mass is 9.85. The van der Waals surface area contributed by atoms with Crippen LogP contribution >= 0.6 is 0 Å². The molecule has 6 nitrogen and oxygen atoms in total. The van der Waals surface area contributed by atoms with Gasteiger partial charge in [-0.25, -0.2) is 14.8 Å². The molecule has 80 valence electrons. The molecule has 0 aromatic carbocycles. The van der Waals surface area contributed by atoms with Gasteiger partial charge in [-0.15, -0.1) is 0 Å². The van der Waals surface area contributed by atoms with Crippen LogP contribution in [0, 0.1) is 5.41 Å². The molecule has 0 aliphatic heterocycles. The van der Waals surface area contributed by atoms with E-state index in [1.165, 1.54) is 20.8 Å². The second kappa shape index (κ2) is 4.10. The standard InChI is InChI=1S/C8H12O6/c1-8(2,3)4(6(9)10)5(14-13)7(11)12/h13H,1-3H3,(H,9,10)(H,11,12)/b5-4-. The Hall–Kier alpha value is -1.56. The largest absolute Gasteiger partial charge is 0.478 e. The topological polar surface area (TPSA) is 104 Å². The Kier molecular flexibility index (Phi) is 3.64. The van der Waals surface area contributed by atoms with Gasteiger partial charge < -0.3 is 15.1 Å². The lowest BCUT2D eigenvalue weighted by Gasteiger charge is -2.19. The average Bonchev–Trinajstić information content (AvgIpc) is 1.95. The van der Waals surface area contributed by atoms with Crippen LogP contribution in [0.3, 0.4) is 0 Å². The van der Waals surface area contributed by atoms with Gasteiger partial charge in [0.1, 0.15) is 0 Å². The van der Waals surface area contributed by atoms with E-state index in [0.717, 1.165) is 0 Å². The summed E-state index contributed by atoms with van der Waals surface area (Å²) < 4.78 is 0. The van der Waals surface area contributed by atoms with Crippen LogP contribution < -0.4 is 0 Å². The zero-order valence-electron chi connectivity index (χ0n) is 8.07. The molecule has 0 heterocycles. The first-order chi connectivity index (χ1) is 6.21. The fourth-order valence-corrected chi connectivity index (χ4v) is 0.950. The highest BCUT2D eigenvalue weighted by Gasteiger charge is 2.32. The van der Waals surface area contributed by atoms with Crippen molar-refractivity contribution in [1.82, 2.24) is 0 Å². The molecule has 0 spiro atoms. The van der Waals surface area contributed by atoms with Crippen molar-refractivity contribution in [3.63, 3.8) is 0 Å². The smallest absolute Gasteiger partial charge is 0.375 e. The van der Waals surface area contributed by atoms with Crippen molar-refractivity contribution < 1.29 is 29.9 Å². The van der Waals surface area contributed by atoms with Crippen molar-refractivity contribution in [2.24, 2.45) is 5.41 Å². The van der Waals surface area contributed by atoms with E-state index in [1.54, 1.807) is 0 Å². The minimum absolute atomic E-state index is 0.493. The normalized spacial score (nSPS) is 13.1. The molecule has 0 amide bonds. The number of carboxylic acids is 2. The van der Waals surface area contributed by atoms with Crippen molar-refractivity contribution in [3.8, 4) is 0 Å². The SMILES string of the molecule is CC(C)(C)/C(C(=O)O)=C(\OO)C(=O)O. The second-order valence-corrected chi connectivity index (χ2v) is 3.66. The molecule has 6 heteroatoms. The van der Waals surface area contributed by atoms with Crippen LogP contribution in [0.4, 0.5) is 0 Å². The average molecular weight is 204 g/mol. The summed E-state index contributed by atoms with van der Waals surface area (Å²) in [5.74, 6) is -4.03. The Bertz CT molecular complexity index is 283. The molecule has 0 rings (SSSR count). The number of carboxylic acid groups (broad SMARTS) is 2. The fraction of sp³-hybridized carbons (Fsp3) is 0.500. The number of carbonyl (C=O) groups is 2. The number of aliphatic carboxylic acids is 2. The van der Waals surface area contributed by atoms with E-state index in [0.29, 0.717) is 0 Å². The third kappa shape index (κ3) is 2.74. The van der Waals surface area contributed by atoms with Crippen molar-refractivity contribution >= 4 is 11.9 Å². The van der Waals surface area contributed by atoms with E-state index < -0.39 is 28.7 Å². The maximum atomic E-state index is 10.7. The van der Waals surface area contributed by atoms with Gasteiger partial charge in [-0.05, 0) is 5.41 Å². The molecule has 0 aromatic heterocycles. The van der Waals surface area contributed by atoms with Gasteiger partial charge in [0, 0.05) is 0 Å². The third-order valence-corrected chi connectivity index (χ3v) is 1.48. The third-order valence-electron chi connectivity index (χ3n) is 1.48. The molecule has 0 bridgehead atoms. The van der Waals surface area contributed by atoms with Gasteiger partial charge in [0.25, 0.3) is 5.76 Å². The minimum atomic E-state index is -1.63. The highest BCUT2D eigenvalue weighted by Crippen LogP contribution is 2.28. The van der Waals surface area contributed by atoms with E-state index in [9.17, 15) is 9.59 Å². The predicted octanol–water partition coefficient (Wildman–Crippen LogP) is 0.945. The van der Waals surface area contributed by atoms with Gasteiger partial charge >= 0.3 is 11.9 Å². The van der Waals surface area contributed by atoms with E-state index in [2.05, 4.69) is 4.89 Å². The summed E-state index contributed by atoms with van der Waals surface area (Å²) in [4.78, 5) is 24.8. The molecule has 0 aromatic rings. The van der Waals surface area contributed by atoms with Crippen molar-refractivity contribution in [1.29, 1.82) is 0 Å². The van der Waals surface area contributed by atoms with Crippen molar-refractivity contribution in [3.05, 3.63) is 11.3 Å². The molecular weight excluding hydrogens is 192 g/mol. The monoisotopic (exact) mass is 204 g/mol. The quantitative estimate of drug-likeness (QED) is 0.273. The van der Waals surface area contributed by atoms with Gasteiger partial charge in [0.2, 0.25) is 0 Å². The second-order valence-electron chi connectivity index (χ2n) is 3.66. The van der Waals surface area contributed by atoms with Gasteiger partial charge in [-0.3, -0.25) is 0 Å². The molecule has 14 heavy (non-hydrogen) atoms. The highest BCUT2D eigenvalue weighted by molar-refractivity contribution is 5.98. The van der Waals surface area contributed by atoms with Crippen LogP contribution in [-0.2, 0) is 14.5 Å². The molecule has 0 fully saturated rings. The zero-order valence-corrected chi connectivity index (χ0v) is 8.07. The highest BCUT2D eigenvalue weighted by atomic mass is 17.1. The fourth-order valence-electron chi connectivity index (χ4n) is 0.950. The summed E-state index contributed by atoms with van der Waals surface area (Å²) in [6.45, 7) is 4.50. The van der Waals surface area contributed by atoms with Crippen LogP contribution in [-0.4, -0.2) is 27.4 Å². The molecule has 0 radical (unpaired) electrons. The molecule has 0 aliphatic carbocycles. The van der Waals surface area contributed by atoms with E-state index in [1.807, 2.05) is 0 Å². The lowest BCUT2D eigenvalue weighted by Crippen LogP contribution is -2.23. The molecule has 0 unspecified atom stereocenters. The number of hydrogen-bond donors (Lipinski definition) is 3. The maximum Gasteiger partial charge on any atom is 0.375 e. The zero-order chi connectivity index (χ0) is 11.5. The Morgan fingerprint density at radius 3 is 1.57 bits per heavy atom. The molecule has 3 N–H and O–H groups in total. The molecular formula is C8H12O6. The van der Waals surface area contributed by atoms with Crippen LogP contribution in [0.25, 0.3) is 0 Å². The first kappa shape index (κ1) is 12.4. The van der Waals surface area contributed by atoms with E-state index >= 15 is 0 Å². The predicted molar refractivity (Wildman–Crippen MR) is 45.5 cm³/mol. The van der Waals surface area contributed by atoms with Crippen LogP contribution in [0.5, 0.6) is 0 Å². The summed E-state index contributed by atoms with van der Waals surface area (Å²) in [6.07, 6.45) is 0. The van der Waals surface area contributed by atoms with Crippen molar-refractivity contribution in [2.75, 3.05) is 0 Å². The summed E-state index contributed by atoms with van der Waals surface area (Å²) in [6, 6.07) is 0. The Morgan fingerprint density at radius 2 is 1.50 bits per heavy atom. The Labute approximate surface area is 80.4 Å². The van der Waals surface area contributed by atoms with Crippen LogP contribution in [0.15, 0.2) is 11.3 Å². The van der Waals surface area contributed by atoms with Gasteiger partial charge in [-0.2, -0.15) is 0 Å². The van der Waals surface area contributed by atoms with E-state index in [4.69, 9.17) is 15.5 Å². The Balaban J connectivity index is 5.57. The summed E-state index contributed by atoms with van der Waals surface area (Å²) >= 11 is 0. The lowest BCUT2D eigenvalue weighted by molar-refractivity contribution is -0.212. The van der Waals surface area contributed by atoms with Gasteiger partial charge in [-0.1, -0.05) is 20.8 Å². The number of rotatable bonds is 3. The van der Waals surface area contributed by atoms with Crippen molar-refractivity contribution in [2.45, 2.75) is 20.8 Å².